The summed E-state index contributed by atoms with van der Waals surface area (Å²) in [4.78, 5) is 26.0. The van der Waals surface area contributed by atoms with E-state index in [1.54, 1.807) is 23.1 Å². The van der Waals surface area contributed by atoms with E-state index in [2.05, 4.69) is 15.2 Å². The van der Waals surface area contributed by atoms with Gasteiger partial charge in [0.05, 0.1) is 16.2 Å². The van der Waals surface area contributed by atoms with Gasteiger partial charge in [0, 0.05) is 48.0 Å². The standard InChI is InChI=1S/C21H20Cl3N5O/c1-2-19-25-18-12-14(23)3-5-15(18)20(27-19)28-7-9-29(10-8-28)21(30)26-17-6-4-13(22)11-16(17)24/h3-6,11-12H,2,7-10H2,1H3,(H,26,30). The van der Waals surface area contributed by atoms with Crippen molar-refractivity contribution in [3.63, 3.8) is 0 Å². The number of carbonyl (C=O) groups is 1. The number of nitrogens with one attached hydrogen (secondary N) is 1. The maximum absolute atomic E-state index is 12.7. The lowest BCUT2D eigenvalue weighted by atomic mass is 10.2. The largest absolute Gasteiger partial charge is 0.352 e. The molecular weight excluding hydrogens is 445 g/mol. The van der Waals surface area contributed by atoms with Crippen molar-refractivity contribution >= 4 is 63.2 Å². The number of piperazine rings is 1. The van der Waals surface area contributed by atoms with Gasteiger partial charge in [-0.3, -0.25) is 0 Å². The second-order valence-corrected chi connectivity index (χ2v) is 8.29. The fourth-order valence-electron chi connectivity index (χ4n) is 3.44. The fraction of sp³-hybridized carbons (Fsp3) is 0.286. The van der Waals surface area contributed by atoms with Gasteiger partial charge in [-0.2, -0.15) is 0 Å². The highest BCUT2D eigenvalue weighted by atomic mass is 35.5. The molecule has 1 N–H and O–H groups in total. The third kappa shape index (κ3) is 4.41. The Balaban J connectivity index is 1.48. The number of benzene rings is 2. The van der Waals surface area contributed by atoms with Crippen LogP contribution in [0.4, 0.5) is 16.3 Å². The zero-order valence-corrected chi connectivity index (χ0v) is 18.6. The monoisotopic (exact) mass is 463 g/mol. The normalized spacial score (nSPS) is 14.3. The number of anilines is 2. The summed E-state index contributed by atoms with van der Waals surface area (Å²) < 4.78 is 0. The molecule has 0 atom stereocenters. The van der Waals surface area contributed by atoms with Gasteiger partial charge in [0.25, 0.3) is 0 Å². The summed E-state index contributed by atoms with van der Waals surface area (Å²) in [5, 5.41) is 5.40. The van der Waals surface area contributed by atoms with E-state index in [1.165, 1.54) is 0 Å². The van der Waals surface area contributed by atoms with E-state index in [1.807, 2.05) is 25.1 Å². The molecule has 0 spiro atoms. The van der Waals surface area contributed by atoms with E-state index < -0.39 is 0 Å². The number of hydrogen-bond donors (Lipinski definition) is 1. The maximum Gasteiger partial charge on any atom is 0.322 e. The van der Waals surface area contributed by atoms with Crippen LogP contribution in [0, 0.1) is 0 Å². The van der Waals surface area contributed by atoms with Crippen LogP contribution in [0.1, 0.15) is 12.7 Å². The first-order valence-electron chi connectivity index (χ1n) is 9.66. The van der Waals surface area contributed by atoms with Gasteiger partial charge in [0.1, 0.15) is 11.6 Å². The van der Waals surface area contributed by atoms with Crippen molar-refractivity contribution < 1.29 is 4.79 Å². The molecule has 2 amide bonds. The molecule has 2 aromatic carbocycles. The summed E-state index contributed by atoms with van der Waals surface area (Å²) >= 11 is 18.2. The second kappa shape index (κ2) is 8.84. The Morgan fingerprint density at radius 2 is 1.70 bits per heavy atom. The molecule has 30 heavy (non-hydrogen) atoms. The topological polar surface area (TPSA) is 61.4 Å². The summed E-state index contributed by atoms with van der Waals surface area (Å²) in [6.07, 6.45) is 0.736. The Morgan fingerprint density at radius 1 is 1.00 bits per heavy atom. The smallest absolute Gasteiger partial charge is 0.322 e. The minimum atomic E-state index is -0.188. The summed E-state index contributed by atoms with van der Waals surface area (Å²) in [7, 11) is 0. The molecule has 6 nitrogen and oxygen atoms in total. The van der Waals surface area contributed by atoms with Crippen LogP contribution >= 0.6 is 34.8 Å². The molecule has 0 aliphatic carbocycles. The summed E-state index contributed by atoms with van der Waals surface area (Å²) in [6, 6.07) is 10.5. The number of rotatable bonds is 3. The van der Waals surface area contributed by atoms with Crippen molar-refractivity contribution in [3.8, 4) is 0 Å². The molecule has 0 bridgehead atoms. The number of amides is 2. The van der Waals surface area contributed by atoms with E-state index >= 15 is 0 Å². The van der Waals surface area contributed by atoms with Gasteiger partial charge in [0.2, 0.25) is 0 Å². The molecule has 1 aliphatic heterocycles. The number of carbonyl (C=O) groups excluding carboxylic acids is 1. The molecule has 4 rings (SSSR count). The number of hydrogen-bond acceptors (Lipinski definition) is 4. The fourth-order valence-corrected chi connectivity index (χ4v) is 4.06. The number of halogens is 3. The molecular formula is C21H20Cl3N5O. The molecule has 1 aromatic heterocycles. The van der Waals surface area contributed by atoms with Gasteiger partial charge in [-0.15, -0.1) is 0 Å². The van der Waals surface area contributed by atoms with Crippen molar-refractivity contribution in [2.24, 2.45) is 0 Å². The molecule has 1 aliphatic rings. The van der Waals surface area contributed by atoms with Gasteiger partial charge in [0.15, 0.2) is 0 Å². The average Bonchev–Trinajstić information content (AvgIpc) is 2.74. The number of fused-ring (bicyclic) bond motifs is 1. The first kappa shape index (κ1) is 21.0. The van der Waals surface area contributed by atoms with Crippen molar-refractivity contribution in [1.82, 2.24) is 14.9 Å². The van der Waals surface area contributed by atoms with Crippen LogP contribution in [0.5, 0.6) is 0 Å². The molecule has 0 saturated carbocycles. The molecule has 1 fully saturated rings. The van der Waals surface area contributed by atoms with Crippen LogP contribution < -0.4 is 10.2 Å². The van der Waals surface area contributed by atoms with Gasteiger partial charge in [-0.25, -0.2) is 14.8 Å². The second-order valence-electron chi connectivity index (χ2n) is 7.01. The van der Waals surface area contributed by atoms with Crippen LogP contribution in [-0.4, -0.2) is 47.1 Å². The third-order valence-electron chi connectivity index (χ3n) is 5.04. The Morgan fingerprint density at radius 3 is 2.40 bits per heavy atom. The quantitative estimate of drug-likeness (QED) is 0.555. The summed E-state index contributed by atoms with van der Waals surface area (Å²) in [6.45, 7) is 4.49. The van der Waals surface area contributed by atoms with Crippen molar-refractivity contribution in [1.29, 1.82) is 0 Å². The van der Waals surface area contributed by atoms with Crippen LogP contribution in [0.3, 0.4) is 0 Å². The van der Waals surface area contributed by atoms with E-state index in [0.717, 1.165) is 29.0 Å². The molecule has 0 radical (unpaired) electrons. The molecule has 2 heterocycles. The highest BCUT2D eigenvalue weighted by Crippen LogP contribution is 2.28. The Kier molecular flexibility index (Phi) is 6.18. The zero-order chi connectivity index (χ0) is 21.3. The number of aryl methyl sites for hydroxylation is 1. The predicted molar refractivity (Wildman–Crippen MR) is 123 cm³/mol. The van der Waals surface area contributed by atoms with E-state index in [9.17, 15) is 4.79 Å². The van der Waals surface area contributed by atoms with E-state index in [-0.39, 0.29) is 6.03 Å². The predicted octanol–water partition coefficient (Wildman–Crippen LogP) is 5.51. The maximum atomic E-state index is 12.7. The summed E-state index contributed by atoms with van der Waals surface area (Å²) in [5.41, 5.74) is 1.38. The highest BCUT2D eigenvalue weighted by molar-refractivity contribution is 6.36. The van der Waals surface area contributed by atoms with Gasteiger partial charge < -0.3 is 15.1 Å². The highest BCUT2D eigenvalue weighted by Gasteiger charge is 2.24. The van der Waals surface area contributed by atoms with Crippen LogP contribution in [0.25, 0.3) is 10.9 Å². The molecule has 3 aromatic rings. The first-order chi connectivity index (χ1) is 14.4. The lowest BCUT2D eigenvalue weighted by Gasteiger charge is -2.36. The molecule has 9 heteroatoms. The van der Waals surface area contributed by atoms with Crippen LogP contribution in [0.15, 0.2) is 36.4 Å². The lowest BCUT2D eigenvalue weighted by Crippen LogP contribution is -2.50. The molecule has 0 unspecified atom stereocenters. The Labute approximate surface area is 189 Å². The van der Waals surface area contributed by atoms with Crippen LogP contribution in [0.2, 0.25) is 15.1 Å². The number of nitrogens with zero attached hydrogens (tertiary/aromatic N) is 4. The Bertz CT molecular complexity index is 1100. The van der Waals surface area contributed by atoms with E-state index in [4.69, 9.17) is 39.8 Å². The van der Waals surface area contributed by atoms with Crippen LogP contribution in [-0.2, 0) is 6.42 Å². The summed E-state index contributed by atoms with van der Waals surface area (Å²) in [5.74, 6) is 1.66. The first-order valence-corrected chi connectivity index (χ1v) is 10.8. The van der Waals surface area contributed by atoms with Gasteiger partial charge in [-0.1, -0.05) is 41.7 Å². The zero-order valence-electron chi connectivity index (χ0n) is 16.3. The molecule has 156 valence electrons. The average molecular weight is 465 g/mol. The van der Waals surface area contributed by atoms with Crippen molar-refractivity contribution in [3.05, 3.63) is 57.3 Å². The van der Waals surface area contributed by atoms with Gasteiger partial charge in [-0.05, 0) is 36.4 Å². The molecule has 1 saturated heterocycles. The Hall–Kier alpha value is -2.28. The van der Waals surface area contributed by atoms with Crippen molar-refractivity contribution in [2.75, 3.05) is 36.4 Å². The minimum absolute atomic E-state index is 0.188. The van der Waals surface area contributed by atoms with E-state index in [0.29, 0.717) is 46.9 Å². The lowest BCUT2D eigenvalue weighted by molar-refractivity contribution is 0.208. The third-order valence-corrected chi connectivity index (χ3v) is 5.82. The number of aromatic nitrogens is 2. The van der Waals surface area contributed by atoms with Crippen molar-refractivity contribution in [2.45, 2.75) is 13.3 Å². The minimum Gasteiger partial charge on any atom is -0.352 e. The number of urea groups is 1. The van der Waals surface area contributed by atoms with Gasteiger partial charge >= 0.3 is 6.03 Å². The SMILES string of the molecule is CCc1nc(N2CCN(C(=O)Nc3ccc(Cl)cc3Cl)CC2)c2ccc(Cl)cc2n1.